The largest absolute Gasteiger partial charge is 0.455 e. The highest BCUT2D eigenvalue weighted by molar-refractivity contribution is 7.20. The van der Waals surface area contributed by atoms with Crippen LogP contribution in [0.15, 0.2) is 157 Å². The zero-order valence-electron chi connectivity index (χ0n) is 27.0. The number of thiophene rings is 1. The first-order valence-corrected chi connectivity index (χ1v) is 17.5. The fraction of sp³-hybridized carbons (Fsp3) is 0.0213. The molecule has 10 aromatic rings. The van der Waals surface area contributed by atoms with Crippen molar-refractivity contribution in [3.05, 3.63) is 163 Å². The lowest BCUT2D eigenvalue weighted by Gasteiger charge is -2.19. The van der Waals surface area contributed by atoms with Crippen molar-refractivity contribution in [2.75, 3.05) is 0 Å². The van der Waals surface area contributed by atoms with Gasteiger partial charge in [0.05, 0.1) is 0 Å². The third kappa shape index (κ3) is 4.11. The van der Waals surface area contributed by atoms with Crippen LogP contribution >= 0.6 is 11.3 Å². The molecule has 0 atom stereocenters. The van der Waals surface area contributed by atoms with Gasteiger partial charge in [0.1, 0.15) is 11.3 Å². The summed E-state index contributed by atoms with van der Waals surface area (Å²) in [6, 6.07) is 53.0. The fourth-order valence-corrected chi connectivity index (χ4v) is 9.10. The number of furan rings is 1. The Hall–Kier alpha value is -5.96. The van der Waals surface area contributed by atoms with E-state index in [4.69, 9.17) is 4.42 Å². The third-order valence-electron chi connectivity index (χ3n) is 10.2. The maximum Gasteiger partial charge on any atom is 0.142 e. The van der Waals surface area contributed by atoms with Crippen molar-refractivity contribution in [3.8, 4) is 33.6 Å². The van der Waals surface area contributed by atoms with Crippen LogP contribution in [0.4, 0.5) is 0 Å². The zero-order valence-corrected chi connectivity index (χ0v) is 27.8. The Morgan fingerprint density at radius 2 is 1.08 bits per heavy atom. The van der Waals surface area contributed by atoms with Gasteiger partial charge in [-0.25, -0.2) is 0 Å². The average molecular weight is 643 g/mol. The topological polar surface area (TPSA) is 13.1 Å². The van der Waals surface area contributed by atoms with E-state index < -0.39 is 0 Å². The highest BCUT2D eigenvalue weighted by Crippen LogP contribution is 2.49. The van der Waals surface area contributed by atoms with Crippen molar-refractivity contribution in [2.24, 2.45) is 0 Å². The lowest BCUT2D eigenvalue weighted by atomic mass is 9.84. The first kappa shape index (κ1) is 28.1. The molecule has 1 nitrogen and oxygen atoms in total. The van der Waals surface area contributed by atoms with E-state index in [2.05, 4.69) is 159 Å². The van der Waals surface area contributed by atoms with Crippen molar-refractivity contribution in [2.45, 2.75) is 6.92 Å². The van der Waals surface area contributed by atoms with Gasteiger partial charge in [-0.3, -0.25) is 0 Å². The van der Waals surface area contributed by atoms with Crippen LogP contribution in [0.2, 0.25) is 0 Å². The molecular weight excluding hydrogens is 613 g/mol. The maximum absolute atomic E-state index is 6.78. The van der Waals surface area contributed by atoms with Crippen molar-refractivity contribution in [1.29, 1.82) is 0 Å². The van der Waals surface area contributed by atoms with E-state index >= 15 is 0 Å². The number of aryl methyl sites for hydroxylation is 1. The second-order valence-corrected chi connectivity index (χ2v) is 13.9. The molecule has 230 valence electrons. The molecule has 10 rings (SSSR count). The van der Waals surface area contributed by atoms with Crippen LogP contribution in [0.3, 0.4) is 0 Å². The van der Waals surface area contributed by atoms with Gasteiger partial charge in [-0.1, -0.05) is 152 Å². The van der Waals surface area contributed by atoms with Gasteiger partial charge in [-0.2, -0.15) is 0 Å². The van der Waals surface area contributed by atoms with Crippen LogP contribution in [0.25, 0.3) is 104 Å². The van der Waals surface area contributed by atoms with E-state index in [0.29, 0.717) is 0 Å². The molecule has 0 aliphatic rings. The standard InChI is InChI=1S/C47H30OS/c1-3-41-45(46-28(2)32-25-23-30-14-5-7-17-34(30)47(32)48-46)40-26-24-31(27-42(40)49-41)43-36-18-8-10-20-38(36)44(39-21-11-9-19-37(39)43)35-22-12-15-29-13-4-6-16-33(29)35/h3-27H,1H2,2H3. The van der Waals surface area contributed by atoms with Gasteiger partial charge in [-0.15, -0.1) is 11.3 Å². The summed E-state index contributed by atoms with van der Waals surface area (Å²) in [5.41, 5.74) is 8.25. The van der Waals surface area contributed by atoms with Crippen LogP contribution < -0.4 is 0 Å². The highest BCUT2D eigenvalue weighted by atomic mass is 32.1. The minimum Gasteiger partial charge on any atom is -0.455 e. The third-order valence-corrected chi connectivity index (χ3v) is 11.4. The lowest BCUT2D eigenvalue weighted by molar-refractivity contribution is 0.633. The minimum absolute atomic E-state index is 0.926. The fourth-order valence-electron chi connectivity index (χ4n) is 8.01. The Bertz CT molecular complexity index is 2910. The monoisotopic (exact) mass is 642 g/mol. The SMILES string of the molecule is C=Cc1sc2cc(-c3c4ccccc4c(-c4cccc5ccccc45)c4ccccc34)ccc2c1-c1oc2c(ccc3ccccc32)c1C. The first-order chi connectivity index (χ1) is 24.2. The Balaban J connectivity index is 1.23. The summed E-state index contributed by atoms with van der Waals surface area (Å²) < 4.78 is 8.00. The maximum atomic E-state index is 6.78. The summed E-state index contributed by atoms with van der Waals surface area (Å²) >= 11 is 1.78. The number of hydrogen-bond donors (Lipinski definition) is 0. The molecule has 0 unspecified atom stereocenters. The van der Waals surface area contributed by atoms with Gasteiger partial charge < -0.3 is 4.42 Å². The van der Waals surface area contributed by atoms with Crippen molar-refractivity contribution in [3.63, 3.8) is 0 Å². The van der Waals surface area contributed by atoms with Crippen molar-refractivity contribution in [1.82, 2.24) is 0 Å². The smallest absolute Gasteiger partial charge is 0.142 e. The number of fused-ring (bicyclic) bond motifs is 7. The average Bonchev–Trinajstić information content (AvgIpc) is 3.69. The number of hydrogen-bond acceptors (Lipinski definition) is 2. The molecule has 0 aliphatic heterocycles. The lowest BCUT2D eigenvalue weighted by Crippen LogP contribution is -1.91. The van der Waals surface area contributed by atoms with Crippen molar-refractivity contribution < 1.29 is 4.42 Å². The van der Waals surface area contributed by atoms with Crippen LogP contribution in [0, 0.1) is 6.92 Å². The normalized spacial score (nSPS) is 11.9. The van der Waals surface area contributed by atoms with Crippen LogP contribution in [-0.4, -0.2) is 0 Å². The molecular formula is C47H30OS. The molecule has 0 radical (unpaired) electrons. The zero-order chi connectivity index (χ0) is 32.6. The molecule has 2 heterocycles. The quantitative estimate of drug-likeness (QED) is 0.174. The summed E-state index contributed by atoms with van der Waals surface area (Å²) in [4.78, 5) is 1.12. The molecule has 0 saturated carbocycles. The van der Waals surface area contributed by atoms with E-state index in [9.17, 15) is 0 Å². The first-order valence-electron chi connectivity index (χ1n) is 16.7. The van der Waals surface area contributed by atoms with E-state index in [1.54, 1.807) is 11.3 Å². The Morgan fingerprint density at radius 1 is 0.510 bits per heavy atom. The van der Waals surface area contributed by atoms with Crippen LogP contribution in [-0.2, 0) is 0 Å². The summed E-state index contributed by atoms with van der Waals surface area (Å²) in [5, 5.41) is 12.2. The molecule has 0 fully saturated rings. The van der Waals surface area contributed by atoms with Gasteiger partial charge in [0.15, 0.2) is 0 Å². The molecule has 0 N–H and O–H groups in total. The van der Waals surface area contributed by atoms with Crippen LogP contribution in [0.1, 0.15) is 10.4 Å². The molecule has 0 aliphatic carbocycles. The van der Waals surface area contributed by atoms with Crippen molar-refractivity contribution >= 4 is 81.6 Å². The van der Waals surface area contributed by atoms with Gasteiger partial charge >= 0.3 is 0 Å². The Kier molecular flexibility index (Phi) is 6.18. The Labute approximate surface area is 288 Å². The highest BCUT2D eigenvalue weighted by Gasteiger charge is 2.23. The molecule has 0 spiro atoms. The predicted octanol–water partition coefficient (Wildman–Crippen LogP) is 14.2. The van der Waals surface area contributed by atoms with Crippen LogP contribution in [0.5, 0.6) is 0 Å². The second kappa shape index (κ2) is 10.8. The number of benzene rings is 8. The van der Waals surface area contributed by atoms with E-state index in [1.165, 1.54) is 70.0 Å². The molecule has 2 heteroatoms. The summed E-state index contributed by atoms with van der Waals surface area (Å²) in [7, 11) is 0. The van der Waals surface area contributed by atoms with Gasteiger partial charge in [0.25, 0.3) is 0 Å². The molecule has 8 aromatic carbocycles. The van der Waals surface area contributed by atoms with E-state index in [-0.39, 0.29) is 0 Å². The predicted molar refractivity (Wildman–Crippen MR) is 213 cm³/mol. The molecule has 0 bridgehead atoms. The molecule has 2 aromatic heterocycles. The molecule has 0 saturated heterocycles. The summed E-state index contributed by atoms with van der Waals surface area (Å²) in [6.07, 6.45) is 1.98. The molecule has 49 heavy (non-hydrogen) atoms. The number of rotatable bonds is 4. The van der Waals surface area contributed by atoms with Gasteiger partial charge in [0, 0.05) is 36.9 Å². The van der Waals surface area contributed by atoms with E-state index in [1.807, 2.05) is 6.08 Å². The molecule has 0 amide bonds. The Morgan fingerprint density at radius 3 is 1.78 bits per heavy atom. The van der Waals surface area contributed by atoms with Gasteiger partial charge in [-0.05, 0) is 72.9 Å². The summed E-state index contributed by atoms with van der Waals surface area (Å²) in [5.74, 6) is 0.926. The van der Waals surface area contributed by atoms with E-state index in [0.717, 1.165) is 38.1 Å². The summed E-state index contributed by atoms with van der Waals surface area (Å²) in [6.45, 7) is 6.41. The second-order valence-electron chi connectivity index (χ2n) is 12.8. The minimum atomic E-state index is 0.926. The van der Waals surface area contributed by atoms with Gasteiger partial charge in [0.2, 0.25) is 0 Å².